The van der Waals surface area contributed by atoms with E-state index in [9.17, 15) is 4.39 Å². The zero-order valence-corrected chi connectivity index (χ0v) is 17.1. The van der Waals surface area contributed by atoms with Crippen molar-refractivity contribution >= 4 is 17.0 Å². The number of nitrogens with zero attached hydrogens (tertiary/aromatic N) is 4. The number of aromatic nitrogens is 4. The van der Waals surface area contributed by atoms with Crippen molar-refractivity contribution in [3.63, 3.8) is 0 Å². The maximum absolute atomic E-state index is 14.2. The number of rotatable bonds is 7. The molecule has 2 aromatic heterocycles. The maximum atomic E-state index is 14.2. The predicted octanol–water partition coefficient (Wildman–Crippen LogP) is 3.30. The average molecular weight is 417 g/mol. The van der Waals surface area contributed by atoms with Gasteiger partial charge >= 0.3 is 6.08 Å². The van der Waals surface area contributed by atoms with Crippen LogP contribution >= 0.6 is 0 Å². The lowest BCUT2D eigenvalue weighted by Crippen LogP contribution is -2.18. The molecule has 9 nitrogen and oxygen atoms in total. The zero-order chi connectivity index (χ0) is 21.1. The van der Waals surface area contributed by atoms with Crippen LogP contribution in [-0.4, -0.2) is 47.5 Å². The number of ether oxygens (including phenoxy) is 4. The number of halogens is 1. The van der Waals surface area contributed by atoms with E-state index in [-0.39, 0.29) is 6.23 Å². The fraction of sp³-hybridized carbons (Fsp3) is 0.450. The van der Waals surface area contributed by atoms with Crippen molar-refractivity contribution in [2.24, 2.45) is 0 Å². The molecule has 1 aliphatic rings. The number of methoxy groups -OCH3 is 3. The third kappa shape index (κ3) is 3.82. The number of imidazole rings is 1. The Balaban J connectivity index is 1.62. The van der Waals surface area contributed by atoms with Crippen molar-refractivity contribution in [1.82, 2.24) is 19.5 Å². The Bertz CT molecular complexity index is 1010. The van der Waals surface area contributed by atoms with Gasteiger partial charge in [0.1, 0.15) is 6.23 Å². The lowest BCUT2D eigenvalue weighted by molar-refractivity contribution is -0.0298. The second-order valence-electron chi connectivity index (χ2n) is 6.87. The fourth-order valence-corrected chi connectivity index (χ4v) is 3.59. The predicted molar refractivity (Wildman–Crippen MR) is 108 cm³/mol. The van der Waals surface area contributed by atoms with E-state index in [0.717, 1.165) is 24.8 Å². The quantitative estimate of drug-likeness (QED) is 0.586. The SMILES string of the molecule is COc1cc(CNc2nc(F)nc3c2ncn3C2CCCCO2)cc(OC)c1OC. The molecule has 10 heteroatoms. The van der Waals surface area contributed by atoms with E-state index < -0.39 is 6.08 Å². The number of nitrogens with one attached hydrogen (secondary N) is 1. The van der Waals surface area contributed by atoms with Crippen molar-refractivity contribution in [2.75, 3.05) is 33.3 Å². The van der Waals surface area contributed by atoms with Crippen LogP contribution in [0.2, 0.25) is 0 Å². The van der Waals surface area contributed by atoms with Gasteiger partial charge in [0.05, 0.1) is 27.7 Å². The molecule has 30 heavy (non-hydrogen) atoms. The van der Waals surface area contributed by atoms with E-state index in [4.69, 9.17) is 18.9 Å². The van der Waals surface area contributed by atoms with Crippen molar-refractivity contribution in [3.8, 4) is 17.2 Å². The van der Waals surface area contributed by atoms with Crippen molar-refractivity contribution < 1.29 is 23.3 Å². The van der Waals surface area contributed by atoms with Crippen LogP contribution in [0.4, 0.5) is 10.2 Å². The summed E-state index contributed by atoms with van der Waals surface area (Å²) in [7, 11) is 4.65. The lowest BCUT2D eigenvalue weighted by atomic mass is 10.1. The summed E-state index contributed by atoms with van der Waals surface area (Å²) >= 11 is 0. The van der Waals surface area contributed by atoms with Crippen LogP contribution in [0, 0.1) is 6.08 Å². The zero-order valence-electron chi connectivity index (χ0n) is 17.1. The third-order valence-electron chi connectivity index (χ3n) is 5.04. The van der Waals surface area contributed by atoms with Crippen molar-refractivity contribution in [3.05, 3.63) is 30.1 Å². The first-order chi connectivity index (χ1) is 14.6. The molecule has 1 fully saturated rings. The number of hydrogen-bond donors (Lipinski definition) is 1. The molecule has 3 heterocycles. The Hall–Kier alpha value is -3.14. The van der Waals surface area contributed by atoms with Crippen LogP contribution in [0.3, 0.4) is 0 Å². The summed E-state index contributed by atoms with van der Waals surface area (Å²) in [6.07, 6.45) is 3.51. The van der Waals surface area contributed by atoms with E-state index >= 15 is 0 Å². The molecule has 1 aliphatic heterocycles. The molecule has 0 amide bonds. The van der Waals surface area contributed by atoms with Gasteiger partial charge in [-0.3, -0.25) is 4.57 Å². The van der Waals surface area contributed by atoms with Gasteiger partial charge in [-0.1, -0.05) is 0 Å². The Kier molecular flexibility index (Phi) is 5.84. The maximum Gasteiger partial charge on any atom is 0.312 e. The molecular formula is C20H24FN5O4. The summed E-state index contributed by atoms with van der Waals surface area (Å²) in [5.41, 5.74) is 1.73. The number of benzene rings is 1. The highest BCUT2D eigenvalue weighted by Gasteiger charge is 2.21. The van der Waals surface area contributed by atoms with Gasteiger partial charge in [0.2, 0.25) is 5.75 Å². The fourth-order valence-electron chi connectivity index (χ4n) is 3.59. The first-order valence-electron chi connectivity index (χ1n) is 9.69. The largest absolute Gasteiger partial charge is 0.493 e. The van der Waals surface area contributed by atoms with E-state index in [0.29, 0.717) is 47.4 Å². The second kappa shape index (κ2) is 8.70. The summed E-state index contributed by atoms with van der Waals surface area (Å²) in [4.78, 5) is 12.3. The minimum absolute atomic E-state index is 0.194. The van der Waals surface area contributed by atoms with Gasteiger partial charge in [0.15, 0.2) is 28.5 Å². The van der Waals surface area contributed by atoms with Crippen LogP contribution in [0.25, 0.3) is 11.2 Å². The lowest BCUT2D eigenvalue weighted by Gasteiger charge is -2.23. The highest BCUT2D eigenvalue weighted by molar-refractivity contribution is 5.82. The average Bonchev–Trinajstić information content (AvgIpc) is 3.21. The van der Waals surface area contributed by atoms with Crippen LogP contribution < -0.4 is 19.5 Å². The molecule has 0 bridgehead atoms. The summed E-state index contributed by atoms with van der Waals surface area (Å²) in [6.45, 7) is 1.01. The topological polar surface area (TPSA) is 92.6 Å². The van der Waals surface area contributed by atoms with Gasteiger partial charge in [0.25, 0.3) is 0 Å². The molecule has 1 N–H and O–H groups in total. The molecule has 0 saturated carbocycles. The number of anilines is 1. The normalized spacial score (nSPS) is 16.5. The summed E-state index contributed by atoms with van der Waals surface area (Å²) in [6, 6.07) is 3.63. The van der Waals surface area contributed by atoms with E-state index in [1.54, 1.807) is 32.2 Å². The summed E-state index contributed by atoms with van der Waals surface area (Å²) in [5, 5.41) is 3.14. The van der Waals surface area contributed by atoms with Crippen LogP contribution in [-0.2, 0) is 11.3 Å². The molecule has 4 rings (SSSR count). The highest BCUT2D eigenvalue weighted by atomic mass is 19.1. The van der Waals surface area contributed by atoms with Crippen LogP contribution in [0.1, 0.15) is 31.1 Å². The second-order valence-corrected chi connectivity index (χ2v) is 6.87. The van der Waals surface area contributed by atoms with Gasteiger partial charge in [-0.2, -0.15) is 14.4 Å². The van der Waals surface area contributed by atoms with E-state index in [1.165, 1.54) is 0 Å². The molecule has 1 atom stereocenters. The van der Waals surface area contributed by atoms with Gasteiger partial charge in [-0.15, -0.1) is 0 Å². The third-order valence-corrected chi connectivity index (χ3v) is 5.04. The standard InChI is InChI=1S/C20H24FN5O4/c1-27-13-8-12(9-14(28-2)17(13)29-3)10-22-18-16-19(25-20(21)24-18)26(11-23-16)15-6-4-5-7-30-15/h8-9,11,15H,4-7,10H2,1-3H3,(H,22,24,25). The van der Waals surface area contributed by atoms with E-state index in [1.807, 2.05) is 12.1 Å². The Morgan fingerprint density at radius 3 is 2.53 bits per heavy atom. The van der Waals surface area contributed by atoms with Gasteiger partial charge in [-0.25, -0.2) is 4.98 Å². The monoisotopic (exact) mass is 417 g/mol. The molecule has 0 radical (unpaired) electrons. The molecule has 1 saturated heterocycles. The van der Waals surface area contributed by atoms with Gasteiger partial charge < -0.3 is 24.3 Å². The minimum Gasteiger partial charge on any atom is -0.493 e. The first-order valence-corrected chi connectivity index (χ1v) is 9.69. The van der Waals surface area contributed by atoms with E-state index in [2.05, 4.69) is 20.3 Å². The summed E-state index contributed by atoms with van der Waals surface area (Å²) in [5.74, 6) is 1.88. The molecule has 0 aliphatic carbocycles. The van der Waals surface area contributed by atoms with Gasteiger partial charge in [0, 0.05) is 13.2 Å². The van der Waals surface area contributed by atoms with Gasteiger partial charge in [-0.05, 0) is 37.0 Å². The van der Waals surface area contributed by atoms with Crippen molar-refractivity contribution in [2.45, 2.75) is 32.0 Å². The Labute approximate surface area is 173 Å². The Morgan fingerprint density at radius 1 is 1.13 bits per heavy atom. The minimum atomic E-state index is -0.826. The molecule has 1 unspecified atom stereocenters. The Morgan fingerprint density at radius 2 is 1.90 bits per heavy atom. The smallest absolute Gasteiger partial charge is 0.312 e. The molecule has 160 valence electrons. The molecular weight excluding hydrogens is 393 g/mol. The molecule has 0 spiro atoms. The van der Waals surface area contributed by atoms with Crippen molar-refractivity contribution in [1.29, 1.82) is 0 Å². The first kappa shape index (κ1) is 20.1. The highest BCUT2D eigenvalue weighted by Crippen LogP contribution is 2.38. The molecule has 3 aromatic rings. The van der Waals surface area contributed by atoms with Crippen LogP contribution in [0.5, 0.6) is 17.2 Å². The number of hydrogen-bond acceptors (Lipinski definition) is 8. The van der Waals surface area contributed by atoms with Crippen LogP contribution in [0.15, 0.2) is 18.5 Å². The summed E-state index contributed by atoms with van der Waals surface area (Å²) < 4.78 is 37.9. The molecule has 1 aromatic carbocycles. The number of fused-ring (bicyclic) bond motifs is 1.